The lowest BCUT2D eigenvalue weighted by atomic mass is 9.98. The van der Waals surface area contributed by atoms with Gasteiger partial charge in [0.25, 0.3) is 0 Å². The van der Waals surface area contributed by atoms with Crippen LogP contribution in [-0.2, 0) is 11.3 Å². The highest BCUT2D eigenvalue weighted by Crippen LogP contribution is 2.29. The molecular formula is C23H31IN4O3. The topological polar surface area (TPSA) is 75.2 Å². The molecule has 7 nitrogen and oxygen atoms in total. The number of hydrogen-bond donors (Lipinski definition) is 2. The molecule has 1 heterocycles. The van der Waals surface area contributed by atoms with Gasteiger partial charge in [0, 0.05) is 39.5 Å². The molecule has 0 saturated carbocycles. The lowest BCUT2D eigenvalue weighted by Crippen LogP contribution is -2.39. The molecule has 1 unspecified atom stereocenters. The van der Waals surface area contributed by atoms with Gasteiger partial charge in [-0.25, -0.2) is 0 Å². The number of methoxy groups -OCH3 is 2. The first-order chi connectivity index (χ1) is 14.5. The Bertz CT molecular complexity index is 902. The first kappa shape index (κ1) is 24.8. The van der Waals surface area contributed by atoms with Gasteiger partial charge in [-0.15, -0.1) is 24.0 Å². The van der Waals surface area contributed by atoms with E-state index in [0.717, 1.165) is 36.8 Å². The molecule has 3 rings (SSSR count). The largest absolute Gasteiger partial charge is 0.497 e. The summed E-state index contributed by atoms with van der Waals surface area (Å²) in [5.41, 5.74) is 3.02. The number of hydrogen-bond acceptors (Lipinski definition) is 4. The first-order valence-electron chi connectivity index (χ1n) is 10.1. The van der Waals surface area contributed by atoms with Gasteiger partial charge in [0.15, 0.2) is 5.96 Å². The molecule has 2 aromatic carbocycles. The molecular weight excluding hydrogens is 507 g/mol. The van der Waals surface area contributed by atoms with Crippen LogP contribution in [0.15, 0.2) is 47.5 Å². The maximum absolute atomic E-state index is 11.4. The minimum absolute atomic E-state index is 0. The summed E-state index contributed by atoms with van der Waals surface area (Å²) in [5.74, 6) is 2.74. The molecule has 0 bridgehead atoms. The number of benzene rings is 2. The summed E-state index contributed by atoms with van der Waals surface area (Å²) in [5, 5.41) is 6.25. The van der Waals surface area contributed by atoms with E-state index in [-0.39, 0.29) is 29.9 Å². The van der Waals surface area contributed by atoms with Crippen LogP contribution in [0.5, 0.6) is 11.5 Å². The van der Waals surface area contributed by atoms with E-state index < -0.39 is 0 Å². The van der Waals surface area contributed by atoms with Crippen molar-refractivity contribution in [3.63, 3.8) is 0 Å². The molecule has 2 aromatic rings. The maximum Gasteiger partial charge on any atom is 0.221 e. The molecule has 1 aliphatic rings. The first-order valence-corrected chi connectivity index (χ1v) is 10.1. The van der Waals surface area contributed by atoms with Gasteiger partial charge in [-0.3, -0.25) is 9.79 Å². The summed E-state index contributed by atoms with van der Waals surface area (Å²) < 4.78 is 10.6. The average molecular weight is 538 g/mol. The third-order valence-corrected chi connectivity index (χ3v) is 5.31. The van der Waals surface area contributed by atoms with E-state index in [1.54, 1.807) is 21.3 Å². The Morgan fingerprint density at radius 1 is 1.16 bits per heavy atom. The van der Waals surface area contributed by atoms with Gasteiger partial charge < -0.3 is 25.0 Å². The number of nitrogens with one attached hydrogen (secondary N) is 2. The highest BCUT2D eigenvalue weighted by molar-refractivity contribution is 14.0. The lowest BCUT2D eigenvalue weighted by molar-refractivity contribution is -0.114. The highest BCUT2D eigenvalue weighted by Gasteiger charge is 2.26. The van der Waals surface area contributed by atoms with Crippen molar-refractivity contribution in [2.24, 2.45) is 4.99 Å². The van der Waals surface area contributed by atoms with E-state index in [9.17, 15) is 4.79 Å². The second-order valence-corrected chi connectivity index (χ2v) is 7.32. The molecule has 8 heteroatoms. The van der Waals surface area contributed by atoms with Crippen LogP contribution in [0.4, 0.5) is 5.69 Å². The number of rotatable bonds is 6. The van der Waals surface area contributed by atoms with E-state index in [2.05, 4.69) is 32.7 Å². The standard InChI is InChI=1S/C23H30N4O3.HI/c1-16(28)26-21-13-17(5-10-22(21)30-4)14-25-23(24-2)27-12-11-19(15-27)18-6-8-20(29-3)9-7-18;/h5-10,13,19H,11-12,14-15H2,1-4H3,(H,24,25)(H,26,28);1H. The van der Waals surface area contributed by atoms with Gasteiger partial charge in [0.2, 0.25) is 5.91 Å². The van der Waals surface area contributed by atoms with Crippen molar-refractivity contribution >= 4 is 41.5 Å². The van der Waals surface area contributed by atoms with Gasteiger partial charge >= 0.3 is 0 Å². The minimum atomic E-state index is -0.129. The molecule has 0 spiro atoms. The molecule has 1 saturated heterocycles. The molecule has 1 aliphatic heterocycles. The Morgan fingerprint density at radius 3 is 2.52 bits per heavy atom. The monoisotopic (exact) mass is 538 g/mol. The van der Waals surface area contributed by atoms with Crippen molar-refractivity contribution in [2.75, 3.05) is 39.7 Å². The van der Waals surface area contributed by atoms with Gasteiger partial charge in [-0.1, -0.05) is 18.2 Å². The molecule has 1 atom stereocenters. The Hall–Kier alpha value is -2.49. The predicted molar refractivity (Wildman–Crippen MR) is 135 cm³/mol. The Kier molecular flexibility index (Phi) is 9.42. The molecule has 1 amide bonds. The summed E-state index contributed by atoms with van der Waals surface area (Å²) in [6, 6.07) is 14.1. The van der Waals surface area contributed by atoms with Crippen LogP contribution in [0.2, 0.25) is 0 Å². The molecule has 0 aliphatic carbocycles. The minimum Gasteiger partial charge on any atom is -0.497 e. The van der Waals surface area contributed by atoms with Gasteiger partial charge in [0.05, 0.1) is 19.9 Å². The van der Waals surface area contributed by atoms with Crippen LogP contribution in [-0.4, -0.2) is 51.1 Å². The van der Waals surface area contributed by atoms with E-state index >= 15 is 0 Å². The number of carbonyl (C=O) groups is 1. The van der Waals surface area contributed by atoms with Crippen LogP contribution in [0.25, 0.3) is 0 Å². The summed E-state index contributed by atoms with van der Waals surface area (Å²) in [6.07, 6.45) is 1.09. The fourth-order valence-corrected chi connectivity index (χ4v) is 3.77. The fourth-order valence-electron chi connectivity index (χ4n) is 3.77. The predicted octanol–water partition coefficient (Wildman–Crippen LogP) is 3.85. The SMILES string of the molecule is CN=C(NCc1ccc(OC)c(NC(C)=O)c1)N1CCC(c2ccc(OC)cc2)C1.I. The number of amides is 1. The summed E-state index contributed by atoms with van der Waals surface area (Å²) in [4.78, 5) is 18.2. The van der Waals surface area contributed by atoms with Gasteiger partial charge in [-0.2, -0.15) is 0 Å². The maximum atomic E-state index is 11.4. The van der Waals surface area contributed by atoms with Crippen LogP contribution >= 0.6 is 24.0 Å². The molecule has 0 radical (unpaired) electrons. The van der Waals surface area contributed by atoms with E-state index in [1.807, 2.05) is 30.3 Å². The zero-order valence-electron chi connectivity index (χ0n) is 18.5. The van der Waals surface area contributed by atoms with Crippen molar-refractivity contribution in [1.82, 2.24) is 10.2 Å². The van der Waals surface area contributed by atoms with Crippen LogP contribution in [0.1, 0.15) is 30.4 Å². The summed E-state index contributed by atoms with van der Waals surface area (Å²) >= 11 is 0. The van der Waals surface area contributed by atoms with Crippen molar-refractivity contribution in [1.29, 1.82) is 0 Å². The molecule has 1 fully saturated rings. The number of carbonyl (C=O) groups excluding carboxylic acids is 1. The fraction of sp³-hybridized carbons (Fsp3) is 0.391. The van der Waals surface area contributed by atoms with Gasteiger partial charge in [-0.05, 0) is 41.8 Å². The number of ether oxygens (including phenoxy) is 2. The molecule has 0 aromatic heterocycles. The van der Waals surface area contributed by atoms with E-state index in [1.165, 1.54) is 12.5 Å². The Balaban J connectivity index is 0.00000341. The third kappa shape index (κ3) is 6.49. The second-order valence-electron chi connectivity index (χ2n) is 7.32. The van der Waals surface area contributed by atoms with Crippen molar-refractivity contribution in [2.45, 2.75) is 25.8 Å². The van der Waals surface area contributed by atoms with Gasteiger partial charge in [0.1, 0.15) is 11.5 Å². The van der Waals surface area contributed by atoms with Crippen molar-refractivity contribution in [3.8, 4) is 11.5 Å². The number of nitrogens with zero attached hydrogens (tertiary/aromatic N) is 2. The van der Waals surface area contributed by atoms with Crippen LogP contribution in [0.3, 0.4) is 0 Å². The second kappa shape index (κ2) is 11.8. The highest BCUT2D eigenvalue weighted by atomic mass is 127. The average Bonchev–Trinajstić information content (AvgIpc) is 3.24. The van der Waals surface area contributed by atoms with Crippen molar-refractivity contribution < 1.29 is 14.3 Å². The number of likely N-dealkylation sites (tertiary alicyclic amines) is 1. The van der Waals surface area contributed by atoms with E-state index in [4.69, 9.17) is 9.47 Å². The molecule has 168 valence electrons. The zero-order valence-corrected chi connectivity index (χ0v) is 20.8. The number of anilines is 1. The van der Waals surface area contributed by atoms with E-state index in [0.29, 0.717) is 23.9 Å². The molecule has 31 heavy (non-hydrogen) atoms. The van der Waals surface area contributed by atoms with Crippen molar-refractivity contribution in [3.05, 3.63) is 53.6 Å². The molecule has 2 N–H and O–H groups in total. The quantitative estimate of drug-likeness (QED) is 0.332. The van der Waals surface area contributed by atoms with Crippen LogP contribution < -0.4 is 20.1 Å². The smallest absolute Gasteiger partial charge is 0.221 e. The lowest BCUT2D eigenvalue weighted by Gasteiger charge is -2.22. The Morgan fingerprint density at radius 2 is 1.90 bits per heavy atom. The number of aliphatic imine (C=N–C) groups is 1. The summed E-state index contributed by atoms with van der Waals surface area (Å²) in [7, 11) is 5.08. The number of guanidine groups is 1. The normalized spacial score (nSPS) is 15.8. The number of halogens is 1. The summed E-state index contributed by atoms with van der Waals surface area (Å²) in [6.45, 7) is 3.97. The third-order valence-electron chi connectivity index (χ3n) is 5.31. The van der Waals surface area contributed by atoms with Crippen LogP contribution in [0, 0.1) is 0 Å². The zero-order chi connectivity index (χ0) is 21.5. The Labute approximate surface area is 201 Å².